The maximum atomic E-state index is 11.9. The van der Waals surface area contributed by atoms with Gasteiger partial charge in [-0.1, -0.05) is 39.0 Å². The Morgan fingerprint density at radius 1 is 0.974 bits per heavy atom. The molecule has 0 radical (unpaired) electrons. The highest BCUT2D eigenvalue weighted by atomic mass is 16.1. The highest BCUT2D eigenvalue weighted by Crippen LogP contribution is 2.28. The molecule has 5 rings (SSSR count). The quantitative estimate of drug-likeness (QED) is 0.432. The molecule has 0 aliphatic carbocycles. The maximum absolute atomic E-state index is 11.9. The molecule has 198 valence electrons. The SMILES string of the molecule is CNC(=O)c1ccc(N2CCN(c3nc(Cc4cc(C(C)(C)C)ccc4C)c4c(ncn4C)n3)CC2)cc1. The van der Waals surface area contributed by atoms with Gasteiger partial charge >= 0.3 is 0 Å². The molecule has 1 saturated heterocycles. The molecule has 8 heteroatoms. The van der Waals surface area contributed by atoms with Crippen LogP contribution in [0.4, 0.5) is 11.6 Å². The van der Waals surface area contributed by atoms with Gasteiger partial charge in [-0.2, -0.15) is 4.98 Å². The van der Waals surface area contributed by atoms with Crippen LogP contribution in [0, 0.1) is 6.92 Å². The van der Waals surface area contributed by atoms with Crippen molar-refractivity contribution in [2.75, 3.05) is 43.0 Å². The summed E-state index contributed by atoms with van der Waals surface area (Å²) < 4.78 is 2.03. The van der Waals surface area contributed by atoms with E-state index in [-0.39, 0.29) is 11.3 Å². The van der Waals surface area contributed by atoms with Crippen molar-refractivity contribution < 1.29 is 4.79 Å². The van der Waals surface area contributed by atoms with Crippen LogP contribution in [0.5, 0.6) is 0 Å². The Balaban J connectivity index is 1.39. The Bertz CT molecular complexity index is 1460. The highest BCUT2D eigenvalue weighted by Gasteiger charge is 2.23. The molecule has 0 unspecified atom stereocenters. The zero-order valence-electron chi connectivity index (χ0n) is 23.2. The van der Waals surface area contributed by atoms with Crippen LogP contribution in [0.15, 0.2) is 48.8 Å². The molecule has 1 fully saturated rings. The number of carbonyl (C=O) groups excluding carboxylic acids is 1. The van der Waals surface area contributed by atoms with Crippen LogP contribution in [-0.2, 0) is 18.9 Å². The predicted molar refractivity (Wildman–Crippen MR) is 153 cm³/mol. The molecule has 3 heterocycles. The van der Waals surface area contributed by atoms with Gasteiger partial charge in [0, 0.05) is 57.9 Å². The molecule has 1 aliphatic rings. The third-order valence-corrected chi connectivity index (χ3v) is 7.49. The molecule has 8 nitrogen and oxygen atoms in total. The number of carbonyl (C=O) groups is 1. The molecule has 2 aromatic carbocycles. The summed E-state index contributed by atoms with van der Waals surface area (Å²) in [4.78, 5) is 31.0. The summed E-state index contributed by atoms with van der Waals surface area (Å²) in [5.74, 6) is 0.671. The second-order valence-corrected chi connectivity index (χ2v) is 11.2. The number of hydrogen-bond donors (Lipinski definition) is 1. The number of benzene rings is 2. The van der Waals surface area contributed by atoms with Crippen LogP contribution in [0.1, 0.15) is 53.5 Å². The summed E-state index contributed by atoms with van der Waals surface area (Å²) in [5.41, 5.74) is 8.49. The first-order chi connectivity index (χ1) is 18.1. The molecule has 1 N–H and O–H groups in total. The number of hydrogen-bond acceptors (Lipinski definition) is 6. The van der Waals surface area contributed by atoms with Gasteiger partial charge in [0.2, 0.25) is 5.95 Å². The number of piperazine rings is 1. The van der Waals surface area contributed by atoms with Gasteiger partial charge in [0.05, 0.1) is 12.0 Å². The first-order valence-corrected chi connectivity index (χ1v) is 13.2. The normalized spacial score (nSPS) is 14.3. The zero-order valence-corrected chi connectivity index (χ0v) is 23.2. The first kappa shape index (κ1) is 25.7. The van der Waals surface area contributed by atoms with Crippen LogP contribution in [-0.4, -0.2) is 58.7 Å². The fourth-order valence-electron chi connectivity index (χ4n) is 5.03. The summed E-state index contributed by atoms with van der Waals surface area (Å²) in [6, 6.07) is 14.6. The smallest absolute Gasteiger partial charge is 0.251 e. The van der Waals surface area contributed by atoms with Crippen LogP contribution in [0.3, 0.4) is 0 Å². The van der Waals surface area contributed by atoms with Crippen molar-refractivity contribution in [3.63, 3.8) is 0 Å². The fourth-order valence-corrected chi connectivity index (χ4v) is 5.03. The molecule has 0 saturated carbocycles. The van der Waals surface area contributed by atoms with E-state index in [1.54, 1.807) is 7.05 Å². The van der Waals surface area contributed by atoms with Crippen molar-refractivity contribution in [2.24, 2.45) is 7.05 Å². The number of aryl methyl sites for hydroxylation is 2. The summed E-state index contributed by atoms with van der Waals surface area (Å²) in [5, 5.41) is 2.67. The average Bonchev–Trinajstić information content (AvgIpc) is 3.29. The van der Waals surface area contributed by atoms with Gasteiger partial charge in [-0.05, 0) is 53.3 Å². The Morgan fingerprint density at radius 3 is 2.32 bits per heavy atom. The third kappa shape index (κ3) is 5.08. The standard InChI is InChI=1S/C30H37N7O/c1-20-7-10-23(30(2,3)4)17-22(20)18-25-26-27(32-19-35(26)6)34-29(33-25)37-15-13-36(14-16-37)24-11-8-21(9-12-24)28(38)31-5/h7-12,17,19H,13-16,18H2,1-6H3,(H,31,38). The van der Waals surface area contributed by atoms with Crippen LogP contribution in [0.2, 0.25) is 0 Å². The molecule has 1 aliphatic heterocycles. The molecular weight excluding hydrogens is 474 g/mol. The van der Waals surface area contributed by atoms with Crippen molar-refractivity contribution >= 4 is 28.7 Å². The molecular formula is C30H37N7O. The van der Waals surface area contributed by atoms with Crippen molar-refractivity contribution in [1.29, 1.82) is 0 Å². The van der Waals surface area contributed by atoms with Gasteiger partial charge in [-0.15, -0.1) is 0 Å². The van der Waals surface area contributed by atoms with Crippen molar-refractivity contribution in [3.05, 3.63) is 76.7 Å². The van der Waals surface area contributed by atoms with Crippen LogP contribution < -0.4 is 15.1 Å². The van der Waals surface area contributed by atoms with Crippen molar-refractivity contribution in [1.82, 2.24) is 24.8 Å². The van der Waals surface area contributed by atoms with E-state index in [0.29, 0.717) is 5.56 Å². The Morgan fingerprint density at radius 2 is 1.66 bits per heavy atom. The second-order valence-electron chi connectivity index (χ2n) is 11.2. The van der Waals surface area contributed by atoms with E-state index in [0.717, 1.165) is 61.1 Å². The summed E-state index contributed by atoms with van der Waals surface area (Å²) in [6.07, 6.45) is 2.56. The van der Waals surface area contributed by atoms with Gasteiger partial charge in [0.15, 0.2) is 5.65 Å². The topological polar surface area (TPSA) is 79.2 Å². The maximum Gasteiger partial charge on any atom is 0.251 e. The summed E-state index contributed by atoms with van der Waals surface area (Å²) >= 11 is 0. The van der Waals surface area contributed by atoms with E-state index in [1.807, 2.05) is 42.2 Å². The largest absolute Gasteiger partial charge is 0.368 e. The van der Waals surface area contributed by atoms with Gasteiger partial charge in [0.25, 0.3) is 5.91 Å². The molecule has 4 aromatic rings. The molecule has 0 bridgehead atoms. The van der Waals surface area contributed by atoms with E-state index in [1.165, 1.54) is 16.7 Å². The lowest BCUT2D eigenvalue weighted by molar-refractivity contribution is 0.0963. The number of imidazole rings is 1. The Kier molecular flexibility index (Phi) is 6.82. The van der Waals surface area contributed by atoms with Crippen LogP contribution >= 0.6 is 0 Å². The van der Waals surface area contributed by atoms with Gasteiger partial charge < -0.3 is 19.7 Å². The third-order valence-electron chi connectivity index (χ3n) is 7.49. The highest BCUT2D eigenvalue weighted by molar-refractivity contribution is 5.94. The molecule has 2 aromatic heterocycles. The molecule has 0 atom stereocenters. The van der Waals surface area contributed by atoms with E-state index in [9.17, 15) is 4.79 Å². The molecule has 38 heavy (non-hydrogen) atoms. The minimum atomic E-state index is -0.0698. The zero-order chi connectivity index (χ0) is 27.0. The van der Waals surface area contributed by atoms with Gasteiger partial charge in [-0.25, -0.2) is 9.97 Å². The first-order valence-electron chi connectivity index (χ1n) is 13.2. The number of nitrogens with one attached hydrogen (secondary N) is 1. The average molecular weight is 512 g/mol. The number of amides is 1. The lowest BCUT2D eigenvalue weighted by Gasteiger charge is -2.36. The van der Waals surface area contributed by atoms with Gasteiger partial charge in [0.1, 0.15) is 5.52 Å². The number of anilines is 2. The fraction of sp³-hybridized carbons (Fsp3) is 0.400. The minimum Gasteiger partial charge on any atom is -0.368 e. The number of fused-ring (bicyclic) bond motifs is 1. The number of rotatable bonds is 5. The number of nitrogens with zero attached hydrogens (tertiary/aromatic N) is 6. The van der Waals surface area contributed by atoms with Crippen LogP contribution in [0.25, 0.3) is 11.2 Å². The molecule has 1 amide bonds. The number of aromatic nitrogens is 4. The lowest BCUT2D eigenvalue weighted by atomic mass is 9.84. The minimum absolute atomic E-state index is 0.0698. The van der Waals surface area contributed by atoms with E-state index in [4.69, 9.17) is 9.97 Å². The molecule has 0 spiro atoms. The Hall–Kier alpha value is -3.94. The Labute approximate surface area is 224 Å². The second kappa shape index (κ2) is 10.1. The van der Waals surface area contributed by atoms with Crippen molar-refractivity contribution in [3.8, 4) is 0 Å². The monoisotopic (exact) mass is 511 g/mol. The summed E-state index contributed by atoms with van der Waals surface area (Å²) in [7, 11) is 3.66. The summed E-state index contributed by atoms with van der Waals surface area (Å²) in [6.45, 7) is 12.3. The van der Waals surface area contributed by atoms with E-state index < -0.39 is 0 Å². The van der Waals surface area contributed by atoms with E-state index >= 15 is 0 Å². The lowest BCUT2D eigenvalue weighted by Crippen LogP contribution is -2.47. The predicted octanol–water partition coefficient (Wildman–Crippen LogP) is 4.25. The van der Waals surface area contributed by atoms with Crippen molar-refractivity contribution in [2.45, 2.75) is 39.5 Å². The van der Waals surface area contributed by atoms with Gasteiger partial charge in [-0.3, -0.25) is 4.79 Å². The van der Waals surface area contributed by atoms with E-state index in [2.05, 4.69) is 66.0 Å².